The third-order valence-electron chi connectivity index (χ3n) is 4.09. The topological polar surface area (TPSA) is 44.8 Å². The molecule has 0 amide bonds. The third-order valence-corrected chi connectivity index (χ3v) is 6.82. The number of hydrogen-bond donors (Lipinski definition) is 0. The molecule has 0 aromatic heterocycles. The maximum Gasteiger partial charge on any atom is 0.333 e. The smallest absolute Gasteiger partial charge is 0.333 e. The Balaban J connectivity index is 2.47. The Hall–Kier alpha value is 0.0900. The molecule has 2 rings (SSSR count). The van der Waals surface area contributed by atoms with Crippen LogP contribution < -0.4 is 0 Å². The van der Waals surface area contributed by atoms with E-state index < -0.39 is 5.79 Å². The van der Waals surface area contributed by atoms with Gasteiger partial charge in [0, 0.05) is 37.5 Å². The van der Waals surface area contributed by atoms with E-state index in [0.717, 1.165) is 0 Å². The molecule has 0 unspecified atom stereocenters. The van der Waals surface area contributed by atoms with Gasteiger partial charge in [0.25, 0.3) is 0 Å². The van der Waals surface area contributed by atoms with E-state index in [1.165, 1.54) is 7.11 Å². The number of fused-ring (bicyclic) bond motifs is 1. The van der Waals surface area contributed by atoms with E-state index in [1.807, 2.05) is 0 Å². The number of carbonyl (C=O) groups excluding carboxylic acids is 1. The second kappa shape index (κ2) is 4.30. The number of rotatable bonds is 3. The summed E-state index contributed by atoms with van der Waals surface area (Å²) in [5.74, 6) is -1.17. The zero-order chi connectivity index (χ0) is 13.8. The fourth-order valence-corrected chi connectivity index (χ4v) is 4.88. The third kappa shape index (κ3) is 1.72. The molecule has 0 radical (unpaired) electrons. The van der Waals surface area contributed by atoms with Gasteiger partial charge in [-0.05, 0) is 6.08 Å². The van der Waals surface area contributed by atoms with Gasteiger partial charge in [0.2, 0.25) is 0 Å². The first kappa shape index (κ1) is 14.5. The summed E-state index contributed by atoms with van der Waals surface area (Å²) in [6.07, 6.45) is 2.39. The largest absolute Gasteiger partial charge is 0.466 e. The van der Waals surface area contributed by atoms with Gasteiger partial charge in [-0.15, -0.1) is 0 Å². The first-order chi connectivity index (χ1) is 8.28. The Morgan fingerprint density at radius 1 is 1.33 bits per heavy atom. The Bertz CT molecular complexity index is 414. The Morgan fingerprint density at radius 3 is 2.33 bits per heavy atom. The minimum absolute atomic E-state index is 0.0517. The number of hydrogen-bond acceptors (Lipinski definition) is 4. The van der Waals surface area contributed by atoms with Crippen molar-refractivity contribution in [2.75, 3.05) is 21.3 Å². The molecule has 0 N–H and O–H groups in total. The minimum Gasteiger partial charge on any atom is -0.466 e. The molecule has 0 spiro atoms. The van der Waals surface area contributed by atoms with Crippen LogP contribution in [0.1, 0.15) is 13.3 Å². The molecule has 1 saturated carbocycles. The average molecular weight is 384 g/mol. The first-order valence-electron chi connectivity index (χ1n) is 5.57. The van der Waals surface area contributed by atoms with Gasteiger partial charge < -0.3 is 14.2 Å². The highest BCUT2D eigenvalue weighted by Gasteiger charge is 2.77. The van der Waals surface area contributed by atoms with Gasteiger partial charge in [-0.25, -0.2) is 4.79 Å². The van der Waals surface area contributed by atoms with E-state index in [-0.39, 0.29) is 20.5 Å². The number of ether oxygens (including phenoxy) is 3. The number of halogens is 2. The lowest BCUT2D eigenvalue weighted by atomic mass is 9.86. The van der Waals surface area contributed by atoms with E-state index in [2.05, 4.69) is 38.8 Å². The van der Waals surface area contributed by atoms with Crippen LogP contribution in [-0.2, 0) is 19.0 Å². The average Bonchev–Trinajstić information content (AvgIpc) is 2.80. The molecular weight excluding hydrogens is 368 g/mol. The number of esters is 1. The van der Waals surface area contributed by atoms with Crippen molar-refractivity contribution in [3.05, 3.63) is 11.6 Å². The van der Waals surface area contributed by atoms with Crippen LogP contribution in [0.15, 0.2) is 11.6 Å². The highest BCUT2D eigenvalue weighted by Crippen LogP contribution is 2.78. The van der Waals surface area contributed by atoms with Crippen LogP contribution in [0, 0.1) is 11.3 Å². The summed E-state index contributed by atoms with van der Waals surface area (Å²) in [4.78, 5) is 11.9. The summed E-state index contributed by atoms with van der Waals surface area (Å²) in [6.45, 7) is 2.09. The summed E-state index contributed by atoms with van der Waals surface area (Å²) in [7, 11) is 4.53. The molecule has 0 aromatic carbocycles. The Morgan fingerprint density at radius 2 is 1.89 bits per heavy atom. The molecule has 0 bridgehead atoms. The van der Waals surface area contributed by atoms with Crippen LogP contribution in [0.3, 0.4) is 0 Å². The zero-order valence-corrected chi connectivity index (χ0v) is 13.9. The molecule has 2 aliphatic carbocycles. The van der Waals surface area contributed by atoms with Crippen LogP contribution in [0.25, 0.3) is 0 Å². The Labute approximate surface area is 123 Å². The highest BCUT2D eigenvalue weighted by atomic mass is 79.9. The summed E-state index contributed by atoms with van der Waals surface area (Å²) in [5, 5.41) is 0. The van der Waals surface area contributed by atoms with Gasteiger partial charge in [0.15, 0.2) is 5.79 Å². The monoisotopic (exact) mass is 382 g/mol. The quantitative estimate of drug-likeness (QED) is 0.427. The molecule has 1 fully saturated rings. The van der Waals surface area contributed by atoms with Crippen LogP contribution >= 0.6 is 31.9 Å². The van der Waals surface area contributed by atoms with Crippen molar-refractivity contribution >= 4 is 37.8 Å². The molecule has 2 aliphatic rings. The van der Waals surface area contributed by atoms with E-state index in [0.29, 0.717) is 12.0 Å². The molecule has 102 valence electrons. The van der Waals surface area contributed by atoms with Crippen LogP contribution in [0.2, 0.25) is 0 Å². The second-order valence-corrected chi connectivity index (χ2v) is 8.53. The molecule has 4 nitrogen and oxygen atoms in total. The highest BCUT2D eigenvalue weighted by molar-refractivity contribution is 9.25. The SMILES string of the molecule is COC(=O)C1=CC(OC)(OC)C[C@]2(C)[C@H]1C2(Br)Br. The van der Waals surface area contributed by atoms with Crippen LogP contribution in [-0.4, -0.2) is 36.3 Å². The fraction of sp³-hybridized carbons (Fsp3) is 0.750. The number of alkyl halides is 2. The van der Waals surface area contributed by atoms with Crippen molar-refractivity contribution in [3.63, 3.8) is 0 Å². The predicted molar refractivity (Wildman–Crippen MR) is 73.6 cm³/mol. The maximum absolute atomic E-state index is 11.9. The van der Waals surface area contributed by atoms with Gasteiger partial charge in [-0.1, -0.05) is 38.8 Å². The summed E-state index contributed by atoms with van der Waals surface area (Å²) in [6, 6.07) is 0. The maximum atomic E-state index is 11.9. The van der Waals surface area contributed by atoms with E-state index >= 15 is 0 Å². The van der Waals surface area contributed by atoms with Gasteiger partial charge in [-0.3, -0.25) is 0 Å². The van der Waals surface area contributed by atoms with E-state index in [9.17, 15) is 4.79 Å². The Kier molecular flexibility index (Phi) is 3.46. The molecule has 0 heterocycles. The van der Waals surface area contributed by atoms with Crippen molar-refractivity contribution in [1.29, 1.82) is 0 Å². The second-order valence-electron chi connectivity index (χ2n) is 4.96. The molecule has 0 aromatic rings. The number of methoxy groups -OCH3 is 3. The lowest BCUT2D eigenvalue weighted by Gasteiger charge is -2.34. The minimum atomic E-state index is -0.877. The van der Waals surface area contributed by atoms with E-state index in [1.54, 1.807) is 20.3 Å². The van der Waals surface area contributed by atoms with Crippen molar-refractivity contribution in [3.8, 4) is 0 Å². The summed E-state index contributed by atoms with van der Waals surface area (Å²) in [5.41, 5.74) is 0.431. The molecular formula is C12H16Br2O4. The standard InChI is InChI=1S/C12H16Br2O4/c1-10-6-11(17-3,18-4)5-7(9(15)16-2)8(10)12(10,13)14/h5,8H,6H2,1-4H3/t8-,10+/m0/s1. The van der Waals surface area contributed by atoms with Gasteiger partial charge in [-0.2, -0.15) is 0 Å². The first-order valence-corrected chi connectivity index (χ1v) is 7.16. The number of carbonyl (C=O) groups is 1. The molecule has 6 heteroatoms. The molecule has 2 atom stereocenters. The van der Waals surface area contributed by atoms with Crippen molar-refractivity contribution in [1.82, 2.24) is 0 Å². The fourth-order valence-electron chi connectivity index (χ4n) is 2.87. The van der Waals surface area contributed by atoms with Crippen molar-refractivity contribution in [2.45, 2.75) is 22.4 Å². The molecule has 18 heavy (non-hydrogen) atoms. The summed E-state index contributed by atoms with van der Waals surface area (Å²) >= 11 is 7.28. The van der Waals surface area contributed by atoms with Gasteiger partial charge in [0.05, 0.1) is 10.3 Å². The van der Waals surface area contributed by atoms with Crippen LogP contribution in [0.5, 0.6) is 0 Å². The van der Waals surface area contributed by atoms with Crippen molar-refractivity contribution < 1.29 is 19.0 Å². The van der Waals surface area contributed by atoms with E-state index in [4.69, 9.17) is 14.2 Å². The molecule has 0 aliphatic heterocycles. The van der Waals surface area contributed by atoms with Crippen molar-refractivity contribution in [2.24, 2.45) is 11.3 Å². The lowest BCUT2D eigenvalue weighted by molar-refractivity contribution is -0.187. The summed E-state index contributed by atoms with van der Waals surface area (Å²) < 4.78 is 15.5. The normalized spacial score (nSPS) is 35.4. The predicted octanol–water partition coefficient (Wildman–Crippen LogP) is 2.60. The van der Waals surface area contributed by atoms with Crippen LogP contribution in [0.4, 0.5) is 0 Å². The van der Waals surface area contributed by atoms with Gasteiger partial charge in [0.1, 0.15) is 0 Å². The van der Waals surface area contributed by atoms with Gasteiger partial charge >= 0.3 is 5.97 Å². The molecule has 0 saturated heterocycles. The lowest BCUT2D eigenvalue weighted by Crippen LogP contribution is -2.38. The zero-order valence-electron chi connectivity index (χ0n) is 10.8.